The number of aryl methyl sites for hydroxylation is 1. The lowest BCUT2D eigenvalue weighted by Gasteiger charge is -2.12. The SMILES string of the molecule is Cn1ncc(C(=O)Nc2cccc(S(=O)(=O)Nc3ccccc3Cl)c2)c1-n1cccc1. The lowest BCUT2D eigenvalue weighted by molar-refractivity contribution is 0.102. The zero-order chi connectivity index (χ0) is 22.0. The standard InChI is InChI=1S/C21H18ClN5O3S/c1-26-21(27-11-4-5-12-27)17(14-23-26)20(28)24-15-7-6-8-16(13-15)31(29,30)25-19-10-3-2-9-18(19)22/h2-14,25H,1H3,(H,24,28). The third kappa shape index (κ3) is 4.32. The maximum atomic E-state index is 12.9. The minimum absolute atomic E-state index is 0.0120. The monoisotopic (exact) mass is 455 g/mol. The molecule has 158 valence electrons. The molecule has 0 aliphatic rings. The Morgan fingerprint density at radius 3 is 2.52 bits per heavy atom. The first-order valence-corrected chi connectivity index (χ1v) is 11.1. The second-order valence-corrected chi connectivity index (χ2v) is 8.75. The number of carbonyl (C=O) groups is 1. The van der Waals surface area contributed by atoms with Gasteiger partial charge in [0.2, 0.25) is 0 Å². The molecule has 0 bridgehead atoms. The molecule has 10 heteroatoms. The molecule has 0 saturated carbocycles. The number of para-hydroxylation sites is 1. The number of rotatable bonds is 6. The van der Waals surface area contributed by atoms with E-state index in [1.165, 1.54) is 18.3 Å². The van der Waals surface area contributed by atoms with E-state index in [9.17, 15) is 13.2 Å². The van der Waals surface area contributed by atoms with Gasteiger partial charge in [0.05, 0.1) is 21.8 Å². The highest BCUT2D eigenvalue weighted by atomic mass is 35.5. The number of benzene rings is 2. The number of hydrogen-bond donors (Lipinski definition) is 2. The Morgan fingerprint density at radius 2 is 1.77 bits per heavy atom. The van der Waals surface area contributed by atoms with Gasteiger partial charge in [-0.1, -0.05) is 29.8 Å². The Labute approximate surface area is 184 Å². The van der Waals surface area contributed by atoms with E-state index in [4.69, 9.17) is 11.6 Å². The summed E-state index contributed by atoms with van der Waals surface area (Å²) in [6.07, 6.45) is 5.08. The number of aromatic nitrogens is 3. The number of amides is 1. The Morgan fingerprint density at radius 1 is 1.03 bits per heavy atom. The van der Waals surface area contributed by atoms with Crippen LogP contribution in [0, 0.1) is 0 Å². The Balaban J connectivity index is 1.59. The Bertz CT molecular complexity index is 1350. The number of nitrogens with one attached hydrogen (secondary N) is 2. The molecular weight excluding hydrogens is 438 g/mol. The van der Waals surface area contributed by atoms with E-state index in [0.717, 1.165) is 0 Å². The summed E-state index contributed by atoms with van der Waals surface area (Å²) in [7, 11) is -2.17. The molecule has 0 spiro atoms. The summed E-state index contributed by atoms with van der Waals surface area (Å²) in [5.74, 6) is 0.178. The van der Waals surface area contributed by atoms with E-state index in [2.05, 4.69) is 15.1 Å². The fourth-order valence-electron chi connectivity index (χ4n) is 3.06. The number of nitrogens with zero attached hydrogens (tertiary/aromatic N) is 3. The van der Waals surface area contributed by atoms with Gasteiger partial charge in [0.1, 0.15) is 11.4 Å². The number of carbonyl (C=O) groups excluding carboxylic acids is 1. The van der Waals surface area contributed by atoms with Crippen LogP contribution in [-0.4, -0.2) is 28.7 Å². The summed E-state index contributed by atoms with van der Waals surface area (Å²) >= 11 is 6.05. The van der Waals surface area contributed by atoms with Crippen LogP contribution in [0.5, 0.6) is 0 Å². The maximum absolute atomic E-state index is 12.9. The van der Waals surface area contributed by atoms with Crippen molar-refractivity contribution in [2.45, 2.75) is 4.90 Å². The quantitative estimate of drug-likeness (QED) is 0.460. The summed E-state index contributed by atoms with van der Waals surface area (Å²) in [4.78, 5) is 12.9. The van der Waals surface area contributed by atoms with Crippen LogP contribution >= 0.6 is 11.6 Å². The van der Waals surface area contributed by atoms with Gasteiger partial charge in [-0.3, -0.25) is 14.2 Å². The smallest absolute Gasteiger partial charge is 0.262 e. The van der Waals surface area contributed by atoms with Crippen molar-refractivity contribution in [2.24, 2.45) is 7.05 Å². The van der Waals surface area contributed by atoms with Crippen LogP contribution in [0.4, 0.5) is 11.4 Å². The van der Waals surface area contributed by atoms with Gasteiger partial charge in [0.25, 0.3) is 15.9 Å². The van der Waals surface area contributed by atoms with Crippen molar-refractivity contribution in [2.75, 3.05) is 10.0 Å². The van der Waals surface area contributed by atoms with Gasteiger partial charge in [-0.05, 0) is 42.5 Å². The lowest BCUT2D eigenvalue weighted by Crippen LogP contribution is -2.16. The first-order chi connectivity index (χ1) is 14.8. The van der Waals surface area contributed by atoms with Gasteiger partial charge in [0.15, 0.2) is 0 Å². The zero-order valence-corrected chi connectivity index (χ0v) is 17.9. The molecule has 8 nitrogen and oxygen atoms in total. The van der Waals surface area contributed by atoms with Gasteiger partial charge >= 0.3 is 0 Å². The Hall–Kier alpha value is -3.56. The average molecular weight is 456 g/mol. The normalized spacial score (nSPS) is 11.3. The van der Waals surface area contributed by atoms with Crippen molar-refractivity contribution in [1.82, 2.24) is 14.3 Å². The molecule has 0 aliphatic carbocycles. The van der Waals surface area contributed by atoms with Gasteiger partial charge in [-0.15, -0.1) is 0 Å². The zero-order valence-electron chi connectivity index (χ0n) is 16.4. The van der Waals surface area contributed by atoms with E-state index in [1.807, 2.05) is 12.1 Å². The molecule has 0 atom stereocenters. The predicted molar refractivity (Wildman–Crippen MR) is 119 cm³/mol. The van der Waals surface area contributed by atoms with E-state index in [1.54, 1.807) is 65.1 Å². The lowest BCUT2D eigenvalue weighted by atomic mass is 10.2. The molecular formula is C21H18ClN5O3S. The molecule has 2 aromatic carbocycles. The maximum Gasteiger partial charge on any atom is 0.262 e. The highest BCUT2D eigenvalue weighted by Gasteiger charge is 2.20. The molecule has 0 saturated heterocycles. The Kier molecular flexibility index (Phi) is 5.53. The molecule has 4 aromatic rings. The highest BCUT2D eigenvalue weighted by molar-refractivity contribution is 7.92. The number of hydrogen-bond acceptors (Lipinski definition) is 4. The summed E-state index contributed by atoms with van der Waals surface area (Å²) < 4.78 is 31.4. The van der Waals surface area contributed by atoms with Crippen molar-refractivity contribution in [3.05, 3.63) is 89.8 Å². The van der Waals surface area contributed by atoms with Crippen molar-refractivity contribution in [3.63, 3.8) is 0 Å². The molecule has 2 N–H and O–H groups in total. The van der Waals surface area contributed by atoms with Crippen molar-refractivity contribution in [3.8, 4) is 5.82 Å². The van der Waals surface area contributed by atoms with Crippen molar-refractivity contribution in [1.29, 1.82) is 0 Å². The molecule has 31 heavy (non-hydrogen) atoms. The molecule has 0 radical (unpaired) electrons. The van der Waals surface area contributed by atoms with Crippen LogP contribution in [-0.2, 0) is 17.1 Å². The van der Waals surface area contributed by atoms with Gasteiger partial charge in [-0.25, -0.2) is 8.42 Å². The fraction of sp³-hybridized carbons (Fsp3) is 0.0476. The van der Waals surface area contributed by atoms with Crippen LogP contribution in [0.2, 0.25) is 5.02 Å². The second kappa shape index (κ2) is 8.29. The van der Waals surface area contributed by atoms with E-state index >= 15 is 0 Å². The second-order valence-electron chi connectivity index (χ2n) is 6.66. The number of anilines is 2. The van der Waals surface area contributed by atoms with Gasteiger partial charge in [0, 0.05) is 25.1 Å². The van der Waals surface area contributed by atoms with E-state index in [-0.39, 0.29) is 15.6 Å². The largest absolute Gasteiger partial charge is 0.322 e. The van der Waals surface area contributed by atoms with Crippen LogP contribution in [0.15, 0.2) is 84.1 Å². The fourth-order valence-corrected chi connectivity index (χ4v) is 4.42. The minimum atomic E-state index is -3.90. The van der Waals surface area contributed by atoms with E-state index < -0.39 is 15.9 Å². The number of halogens is 1. The third-order valence-corrected chi connectivity index (χ3v) is 6.21. The third-order valence-electron chi connectivity index (χ3n) is 4.52. The summed E-state index contributed by atoms with van der Waals surface area (Å²) in [5, 5.41) is 7.18. The first-order valence-electron chi connectivity index (χ1n) is 9.19. The van der Waals surface area contributed by atoms with Gasteiger partial charge < -0.3 is 9.88 Å². The summed E-state index contributed by atoms with van der Waals surface area (Å²) in [6, 6.07) is 16.2. The van der Waals surface area contributed by atoms with Crippen LogP contribution < -0.4 is 10.0 Å². The number of sulfonamides is 1. The molecule has 1 amide bonds. The molecule has 0 aliphatic heterocycles. The minimum Gasteiger partial charge on any atom is -0.322 e. The van der Waals surface area contributed by atoms with Crippen LogP contribution in [0.25, 0.3) is 5.82 Å². The summed E-state index contributed by atoms with van der Waals surface area (Å²) in [5.41, 5.74) is 0.945. The predicted octanol–water partition coefficient (Wildman–Crippen LogP) is 3.92. The molecule has 2 heterocycles. The van der Waals surface area contributed by atoms with Crippen molar-refractivity contribution < 1.29 is 13.2 Å². The molecule has 0 unspecified atom stereocenters. The molecule has 4 rings (SSSR count). The van der Waals surface area contributed by atoms with E-state index in [0.29, 0.717) is 17.1 Å². The van der Waals surface area contributed by atoms with Crippen LogP contribution in [0.3, 0.4) is 0 Å². The first kappa shape index (κ1) is 20.7. The summed E-state index contributed by atoms with van der Waals surface area (Å²) in [6.45, 7) is 0. The van der Waals surface area contributed by atoms with Gasteiger partial charge in [-0.2, -0.15) is 5.10 Å². The topological polar surface area (TPSA) is 98.0 Å². The molecule has 0 fully saturated rings. The molecule has 2 aromatic heterocycles. The van der Waals surface area contributed by atoms with Crippen LogP contribution in [0.1, 0.15) is 10.4 Å². The average Bonchev–Trinajstić information content (AvgIpc) is 3.39. The van der Waals surface area contributed by atoms with Crippen molar-refractivity contribution >= 4 is 38.9 Å². The highest BCUT2D eigenvalue weighted by Crippen LogP contribution is 2.25.